The third kappa shape index (κ3) is 3.28. The predicted molar refractivity (Wildman–Crippen MR) is 87.6 cm³/mol. The van der Waals surface area contributed by atoms with Crippen LogP contribution < -0.4 is 5.32 Å². The highest BCUT2D eigenvalue weighted by atomic mass is 35.5. The van der Waals surface area contributed by atoms with Crippen molar-refractivity contribution >= 4 is 40.8 Å². The SMILES string of the molecule is O=C(c1cncc(F)c1)N1CCN=C1Nc1c(Cl)cccc1Cl. The van der Waals surface area contributed by atoms with Gasteiger partial charge in [0.05, 0.1) is 34.0 Å². The van der Waals surface area contributed by atoms with Gasteiger partial charge >= 0.3 is 0 Å². The third-order valence-electron chi connectivity index (χ3n) is 3.24. The van der Waals surface area contributed by atoms with Crippen LogP contribution in [0.25, 0.3) is 0 Å². The molecule has 0 fully saturated rings. The molecule has 0 radical (unpaired) electrons. The average Bonchev–Trinajstić information content (AvgIpc) is 2.98. The summed E-state index contributed by atoms with van der Waals surface area (Å²) in [6, 6.07) is 6.20. The molecule has 0 bridgehead atoms. The van der Waals surface area contributed by atoms with E-state index < -0.39 is 11.7 Å². The number of aliphatic imine (C=N–C) groups is 1. The third-order valence-corrected chi connectivity index (χ3v) is 3.87. The number of aromatic nitrogens is 1. The molecule has 1 N–H and O–H groups in total. The Hall–Kier alpha value is -2.18. The number of nitrogens with one attached hydrogen (secondary N) is 1. The molecule has 1 aliphatic rings. The average molecular weight is 353 g/mol. The molecule has 1 aliphatic heterocycles. The quantitative estimate of drug-likeness (QED) is 0.900. The Morgan fingerprint density at radius 2 is 2.00 bits per heavy atom. The number of nitrogens with zero attached hydrogens (tertiary/aromatic N) is 3. The van der Waals surface area contributed by atoms with Crippen LogP contribution in [0.15, 0.2) is 41.7 Å². The van der Waals surface area contributed by atoms with E-state index in [4.69, 9.17) is 23.2 Å². The molecule has 5 nitrogen and oxygen atoms in total. The number of rotatable bonds is 2. The molecule has 0 atom stereocenters. The zero-order valence-corrected chi connectivity index (χ0v) is 13.3. The van der Waals surface area contributed by atoms with Gasteiger partial charge in [0.25, 0.3) is 5.91 Å². The first-order valence-corrected chi connectivity index (χ1v) is 7.50. The number of carbonyl (C=O) groups is 1. The maximum absolute atomic E-state index is 13.3. The molecular weight excluding hydrogens is 342 g/mol. The van der Waals surface area contributed by atoms with Crippen LogP contribution in [0, 0.1) is 5.82 Å². The van der Waals surface area contributed by atoms with Crippen molar-refractivity contribution in [2.75, 3.05) is 18.4 Å². The molecule has 1 aromatic heterocycles. The van der Waals surface area contributed by atoms with Gasteiger partial charge in [0, 0.05) is 12.7 Å². The number of hydrogen-bond donors (Lipinski definition) is 1. The second-order valence-electron chi connectivity index (χ2n) is 4.78. The van der Waals surface area contributed by atoms with Crippen LogP contribution in [0.4, 0.5) is 10.1 Å². The molecule has 1 aromatic carbocycles. The van der Waals surface area contributed by atoms with Crippen molar-refractivity contribution in [1.82, 2.24) is 9.88 Å². The monoisotopic (exact) mass is 352 g/mol. The molecule has 2 aromatic rings. The number of anilines is 1. The standard InChI is InChI=1S/C15H11Cl2FN4O/c16-11-2-1-3-12(17)13(11)21-15-20-4-5-22(15)14(23)9-6-10(18)8-19-7-9/h1-3,6-8H,4-5H2,(H,20,21). The Kier molecular flexibility index (Phi) is 4.45. The lowest BCUT2D eigenvalue weighted by atomic mass is 10.2. The van der Waals surface area contributed by atoms with E-state index in [0.29, 0.717) is 34.8 Å². The van der Waals surface area contributed by atoms with Gasteiger partial charge < -0.3 is 5.32 Å². The van der Waals surface area contributed by atoms with Crippen LogP contribution in [0.2, 0.25) is 10.0 Å². The fourth-order valence-electron chi connectivity index (χ4n) is 2.17. The van der Waals surface area contributed by atoms with Crippen molar-refractivity contribution in [3.63, 3.8) is 0 Å². The summed E-state index contributed by atoms with van der Waals surface area (Å²) in [5, 5.41) is 3.79. The van der Waals surface area contributed by atoms with Crippen molar-refractivity contribution in [2.45, 2.75) is 0 Å². The normalized spacial score (nSPS) is 13.9. The van der Waals surface area contributed by atoms with Gasteiger partial charge in [-0.1, -0.05) is 29.3 Å². The van der Waals surface area contributed by atoms with Gasteiger partial charge in [-0.25, -0.2) is 4.39 Å². The summed E-state index contributed by atoms with van der Waals surface area (Å²) >= 11 is 12.2. The Morgan fingerprint density at radius 1 is 1.26 bits per heavy atom. The first-order chi connectivity index (χ1) is 11.1. The van der Waals surface area contributed by atoms with E-state index in [1.165, 1.54) is 11.1 Å². The molecule has 118 valence electrons. The lowest BCUT2D eigenvalue weighted by Crippen LogP contribution is -2.38. The van der Waals surface area contributed by atoms with Gasteiger partial charge in [0.2, 0.25) is 5.96 Å². The molecule has 0 unspecified atom stereocenters. The summed E-state index contributed by atoms with van der Waals surface area (Å²) in [6.45, 7) is 0.804. The Bertz CT molecular complexity index is 777. The van der Waals surface area contributed by atoms with Crippen LogP contribution >= 0.6 is 23.2 Å². The van der Waals surface area contributed by atoms with E-state index >= 15 is 0 Å². The predicted octanol–water partition coefficient (Wildman–Crippen LogP) is 3.45. The Morgan fingerprint density at radius 3 is 2.70 bits per heavy atom. The van der Waals surface area contributed by atoms with Crippen LogP contribution in [0.1, 0.15) is 10.4 Å². The molecule has 0 saturated carbocycles. The minimum atomic E-state index is -0.573. The highest BCUT2D eigenvalue weighted by molar-refractivity contribution is 6.40. The van der Waals surface area contributed by atoms with Crippen molar-refractivity contribution in [2.24, 2.45) is 4.99 Å². The number of para-hydroxylation sites is 1. The highest BCUT2D eigenvalue weighted by Gasteiger charge is 2.26. The fourth-order valence-corrected chi connectivity index (χ4v) is 2.66. The number of halogens is 3. The first-order valence-electron chi connectivity index (χ1n) is 6.74. The molecule has 23 heavy (non-hydrogen) atoms. The van der Waals surface area contributed by atoms with Gasteiger partial charge in [-0.05, 0) is 18.2 Å². The number of pyridine rings is 1. The van der Waals surface area contributed by atoms with Crippen molar-refractivity contribution in [1.29, 1.82) is 0 Å². The number of benzene rings is 1. The van der Waals surface area contributed by atoms with Crippen molar-refractivity contribution in [3.8, 4) is 0 Å². The molecule has 8 heteroatoms. The Labute approximate surface area is 141 Å². The molecule has 0 saturated heterocycles. The van der Waals surface area contributed by atoms with Crippen molar-refractivity contribution < 1.29 is 9.18 Å². The van der Waals surface area contributed by atoms with Gasteiger partial charge in [0.15, 0.2) is 0 Å². The van der Waals surface area contributed by atoms with Gasteiger partial charge in [-0.2, -0.15) is 0 Å². The zero-order valence-electron chi connectivity index (χ0n) is 11.8. The van der Waals surface area contributed by atoms with Crippen molar-refractivity contribution in [3.05, 3.63) is 58.1 Å². The van der Waals surface area contributed by atoms with Gasteiger partial charge in [-0.15, -0.1) is 0 Å². The maximum Gasteiger partial charge on any atom is 0.262 e. The minimum Gasteiger partial charge on any atom is -0.323 e. The van der Waals surface area contributed by atoms with E-state index in [-0.39, 0.29) is 5.56 Å². The number of hydrogen-bond acceptors (Lipinski definition) is 4. The lowest BCUT2D eigenvalue weighted by Gasteiger charge is -2.20. The largest absolute Gasteiger partial charge is 0.323 e. The summed E-state index contributed by atoms with van der Waals surface area (Å²) in [4.78, 5) is 21.8. The van der Waals surface area contributed by atoms with Crippen LogP contribution in [0.3, 0.4) is 0 Å². The lowest BCUT2D eigenvalue weighted by molar-refractivity contribution is 0.0857. The van der Waals surface area contributed by atoms with E-state index in [0.717, 1.165) is 12.3 Å². The number of amides is 1. The summed E-state index contributed by atoms with van der Waals surface area (Å²) in [5.74, 6) is -0.658. The second-order valence-corrected chi connectivity index (χ2v) is 5.59. The molecule has 2 heterocycles. The Balaban J connectivity index is 1.85. The van der Waals surface area contributed by atoms with E-state index in [1.807, 2.05) is 0 Å². The number of guanidine groups is 1. The van der Waals surface area contributed by atoms with Gasteiger partial charge in [-0.3, -0.25) is 19.7 Å². The topological polar surface area (TPSA) is 57.6 Å². The highest BCUT2D eigenvalue weighted by Crippen LogP contribution is 2.30. The molecule has 0 aliphatic carbocycles. The zero-order chi connectivity index (χ0) is 16.4. The van der Waals surface area contributed by atoms with Crippen LogP contribution in [-0.4, -0.2) is 34.8 Å². The first kappa shape index (κ1) is 15.7. The van der Waals surface area contributed by atoms with Crippen LogP contribution in [-0.2, 0) is 0 Å². The molecular formula is C15H11Cl2FN4O. The number of carbonyl (C=O) groups excluding carboxylic acids is 1. The van der Waals surface area contributed by atoms with Crippen LogP contribution in [0.5, 0.6) is 0 Å². The summed E-state index contributed by atoms with van der Waals surface area (Å²) in [6.07, 6.45) is 2.35. The summed E-state index contributed by atoms with van der Waals surface area (Å²) < 4.78 is 13.3. The summed E-state index contributed by atoms with van der Waals surface area (Å²) in [7, 11) is 0. The molecule has 0 spiro atoms. The van der Waals surface area contributed by atoms with Gasteiger partial charge in [0.1, 0.15) is 5.82 Å². The smallest absolute Gasteiger partial charge is 0.262 e. The second kappa shape index (κ2) is 6.52. The molecule has 1 amide bonds. The molecule has 3 rings (SSSR count). The van der Waals surface area contributed by atoms with E-state index in [2.05, 4.69) is 15.3 Å². The summed E-state index contributed by atoms with van der Waals surface area (Å²) in [5.41, 5.74) is 0.610. The minimum absolute atomic E-state index is 0.145. The van der Waals surface area contributed by atoms with E-state index in [9.17, 15) is 9.18 Å². The van der Waals surface area contributed by atoms with E-state index in [1.54, 1.807) is 18.2 Å². The fraction of sp³-hybridized carbons (Fsp3) is 0.133. The maximum atomic E-state index is 13.3.